The molecule has 1 aliphatic heterocycles. The maximum absolute atomic E-state index is 4.54. The lowest BCUT2D eigenvalue weighted by atomic mass is 10.1. The van der Waals surface area contributed by atoms with E-state index in [2.05, 4.69) is 38.9 Å². The highest BCUT2D eigenvalue weighted by Crippen LogP contribution is 2.25. The summed E-state index contributed by atoms with van der Waals surface area (Å²) in [5.74, 6) is 2.10. The summed E-state index contributed by atoms with van der Waals surface area (Å²) in [4.78, 5) is 13.8. The normalized spacial score (nSPS) is 16.7. The lowest BCUT2D eigenvalue weighted by Crippen LogP contribution is -2.46. The lowest BCUT2D eigenvalue weighted by molar-refractivity contribution is 0.270. The molecule has 1 fully saturated rings. The van der Waals surface area contributed by atoms with E-state index < -0.39 is 0 Å². The Morgan fingerprint density at radius 1 is 1.16 bits per heavy atom. The molecule has 0 spiro atoms. The van der Waals surface area contributed by atoms with Crippen LogP contribution in [-0.2, 0) is 6.42 Å². The molecule has 106 valence electrons. The summed E-state index contributed by atoms with van der Waals surface area (Å²) in [6, 6.07) is 0. The third-order valence-corrected chi connectivity index (χ3v) is 3.78. The Labute approximate surface area is 116 Å². The Balaban J connectivity index is 2.19. The average Bonchev–Trinajstić information content (AvgIpc) is 2.48. The van der Waals surface area contributed by atoms with E-state index >= 15 is 0 Å². The van der Waals surface area contributed by atoms with Crippen molar-refractivity contribution in [1.82, 2.24) is 14.9 Å². The molecule has 5 nitrogen and oxygen atoms in total. The number of likely N-dealkylation sites (N-methyl/N-ethyl adjacent to an activating group) is 1. The second-order valence-corrected chi connectivity index (χ2v) is 4.95. The van der Waals surface area contributed by atoms with Crippen molar-refractivity contribution in [3.8, 4) is 0 Å². The molecule has 0 aliphatic carbocycles. The number of anilines is 2. The molecular formula is C14H25N5. The van der Waals surface area contributed by atoms with Gasteiger partial charge in [0, 0.05) is 38.8 Å². The summed E-state index contributed by atoms with van der Waals surface area (Å²) in [6.45, 7) is 9.94. The van der Waals surface area contributed by atoms with Crippen LogP contribution in [0.2, 0.25) is 0 Å². The van der Waals surface area contributed by atoms with Crippen LogP contribution >= 0.6 is 0 Å². The van der Waals surface area contributed by atoms with Gasteiger partial charge in [-0.25, -0.2) is 9.97 Å². The quantitative estimate of drug-likeness (QED) is 0.874. The van der Waals surface area contributed by atoms with Crippen molar-refractivity contribution in [2.75, 3.05) is 50.0 Å². The first-order chi connectivity index (χ1) is 9.30. The van der Waals surface area contributed by atoms with Gasteiger partial charge in [-0.2, -0.15) is 0 Å². The third-order valence-electron chi connectivity index (χ3n) is 3.78. The molecule has 2 rings (SSSR count). The number of hydrogen-bond donors (Lipinski definition) is 1. The first kappa shape index (κ1) is 14.1. The molecule has 1 aliphatic rings. The van der Waals surface area contributed by atoms with Crippen LogP contribution < -0.4 is 10.2 Å². The summed E-state index contributed by atoms with van der Waals surface area (Å²) >= 11 is 0. The van der Waals surface area contributed by atoms with Gasteiger partial charge < -0.3 is 15.1 Å². The molecule has 2 heterocycles. The summed E-state index contributed by atoms with van der Waals surface area (Å²) in [6.07, 6.45) is 3.82. The smallest absolute Gasteiger partial charge is 0.137 e. The molecule has 0 atom stereocenters. The predicted molar refractivity (Wildman–Crippen MR) is 79.9 cm³/mol. The standard InChI is InChI=1S/C14H25N5/c1-4-6-12-13(15-3)16-11-17-14(12)19-9-7-18(5-2)8-10-19/h11H,4-10H2,1-3H3,(H,15,16,17). The molecule has 1 saturated heterocycles. The Morgan fingerprint density at radius 3 is 2.47 bits per heavy atom. The van der Waals surface area contributed by atoms with Gasteiger partial charge in [-0.05, 0) is 13.0 Å². The molecule has 0 unspecified atom stereocenters. The van der Waals surface area contributed by atoms with E-state index in [4.69, 9.17) is 0 Å². The molecule has 0 bridgehead atoms. The van der Waals surface area contributed by atoms with E-state index in [-0.39, 0.29) is 0 Å². The van der Waals surface area contributed by atoms with E-state index in [0.29, 0.717) is 0 Å². The van der Waals surface area contributed by atoms with Gasteiger partial charge in [-0.3, -0.25) is 0 Å². The summed E-state index contributed by atoms with van der Waals surface area (Å²) in [5, 5.41) is 3.19. The molecule has 1 N–H and O–H groups in total. The zero-order chi connectivity index (χ0) is 13.7. The number of aromatic nitrogens is 2. The Morgan fingerprint density at radius 2 is 1.89 bits per heavy atom. The van der Waals surface area contributed by atoms with Crippen molar-refractivity contribution in [3.05, 3.63) is 11.9 Å². The number of nitrogens with zero attached hydrogens (tertiary/aromatic N) is 4. The predicted octanol–water partition coefficient (Wildman–Crippen LogP) is 1.61. The minimum absolute atomic E-state index is 0.977. The van der Waals surface area contributed by atoms with E-state index in [0.717, 1.165) is 57.2 Å². The molecule has 19 heavy (non-hydrogen) atoms. The monoisotopic (exact) mass is 263 g/mol. The Hall–Kier alpha value is -1.36. The van der Waals surface area contributed by atoms with Crippen LogP contribution in [0, 0.1) is 0 Å². The minimum Gasteiger partial charge on any atom is -0.373 e. The molecular weight excluding hydrogens is 238 g/mol. The van der Waals surface area contributed by atoms with Crippen LogP contribution in [-0.4, -0.2) is 54.6 Å². The van der Waals surface area contributed by atoms with Crippen LogP contribution in [0.3, 0.4) is 0 Å². The Kier molecular flexibility index (Phi) is 4.96. The molecule has 0 amide bonds. The summed E-state index contributed by atoms with van der Waals surface area (Å²) < 4.78 is 0. The van der Waals surface area contributed by atoms with E-state index in [1.807, 2.05) is 7.05 Å². The maximum atomic E-state index is 4.54. The zero-order valence-electron chi connectivity index (χ0n) is 12.3. The SMILES string of the molecule is CCCc1c(NC)ncnc1N1CCN(CC)CC1. The number of piperazine rings is 1. The Bertz CT molecular complexity index is 399. The fourth-order valence-corrected chi connectivity index (χ4v) is 2.65. The minimum atomic E-state index is 0.977. The van der Waals surface area contributed by atoms with Crippen molar-refractivity contribution in [3.63, 3.8) is 0 Å². The summed E-state index contributed by atoms with van der Waals surface area (Å²) in [5.41, 5.74) is 1.26. The van der Waals surface area contributed by atoms with Gasteiger partial charge in [0.2, 0.25) is 0 Å². The largest absolute Gasteiger partial charge is 0.373 e. The number of nitrogens with one attached hydrogen (secondary N) is 1. The molecule has 0 radical (unpaired) electrons. The van der Waals surface area contributed by atoms with Gasteiger partial charge >= 0.3 is 0 Å². The molecule has 5 heteroatoms. The highest BCUT2D eigenvalue weighted by molar-refractivity contribution is 5.58. The highest BCUT2D eigenvalue weighted by atomic mass is 15.3. The fraction of sp³-hybridized carbons (Fsp3) is 0.714. The highest BCUT2D eigenvalue weighted by Gasteiger charge is 2.20. The van der Waals surface area contributed by atoms with Crippen LogP contribution in [0.25, 0.3) is 0 Å². The van der Waals surface area contributed by atoms with Gasteiger partial charge in [-0.15, -0.1) is 0 Å². The first-order valence-electron chi connectivity index (χ1n) is 7.29. The van der Waals surface area contributed by atoms with Gasteiger partial charge in [0.25, 0.3) is 0 Å². The van der Waals surface area contributed by atoms with Crippen molar-refractivity contribution in [2.24, 2.45) is 0 Å². The number of rotatable bonds is 5. The van der Waals surface area contributed by atoms with Gasteiger partial charge in [0.1, 0.15) is 18.0 Å². The van der Waals surface area contributed by atoms with Crippen LogP contribution in [0.1, 0.15) is 25.8 Å². The number of hydrogen-bond acceptors (Lipinski definition) is 5. The van der Waals surface area contributed by atoms with E-state index in [9.17, 15) is 0 Å². The molecule has 0 aromatic carbocycles. The summed E-state index contributed by atoms with van der Waals surface area (Å²) in [7, 11) is 1.93. The van der Waals surface area contributed by atoms with Crippen molar-refractivity contribution in [1.29, 1.82) is 0 Å². The van der Waals surface area contributed by atoms with Crippen LogP contribution in [0.5, 0.6) is 0 Å². The van der Waals surface area contributed by atoms with Crippen molar-refractivity contribution in [2.45, 2.75) is 26.7 Å². The van der Waals surface area contributed by atoms with Crippen LogP contribution in [0.4, 0.5) is 11.6 Å². The molecule has 0 saturated carbocycles. The second-order valence-electron chi connectivity index (χ2n) is 4.95. The lowest BCUT2D eigenvalue weighted by Gasteiger charge is -2.35. The topological polar surface area (TPSA) is 44.3 Å². The molecule has 1 aromatic rings. The van der Waals surface area contributed by atoms with Crippen molar-refractivity contribution >= 4 is 11.6 Å². The third kappa shape index (κ3) is 3.15. The van der Waals surface area contributed by atoms with Gasteiger partial charge in [-0.1, -0.05) is 20.3 Å². The second kappa shape index (κ2) is 6.70. The molecule has 1 aromatic heterocycles. The average molecular weight is 263 g/mol. The van der Waals surface area contributed by atoms with Crippen LogP contribution in [0.15, 0.2) is 6.33 Å². The fourth-order valence-electron chi connectivity index (χ4n) is 2.65. The maximum Gasteiger partial charge on any atom is 0.137 e. The van der Waals surface area contributed by atoms with Gasteiger partial charge in [0.05, 0.1) is 0 Å². The van der Waals surface area contributed by atoms with Crippen molar-refractivity contribution < 1.29 is 0 Å². The zero-order valence-corrected chi connectivity index (χ0v) is 12.3. The van der Waals surface area contributed by atoms with E-state index in [1.165, 1.54) is 5.56 Å². The van der Waals surface area contributed by atoms with Gasteiger partial charge in [0.15, 0.2) is 0 Å². The first-order valence-corrected chi connectivity index (χ1v) is 7.29. The van der Waals surface area contributed by atoms with E-state index in [1.54, 1.807) is 6.33 Å².